The Labute approximate surface area is 179 Å². The molecule has 0 spiro atoms. The van der Waals surface area contributed by atoms with Gasteiger partial charge >= 0.3 is 0 Å². The summed E-state index contributed by atoms with van der Waals surface area (Å²) in [6, 6.07) is 15.3. The van der Waals surface area contributed by atoms with E-state index in [4.69, 9.17) is 0 Å². The largest absolute Gasteiger partial charge is 0.280 e. The molecule has 0 aliphatic rings. The second-order valence-electron chi connectivity index (χ2n) is 6.84. The lowest BCUT2D eigenvalue weighted by Crippen LogP contribution is -2.41. The Kier molecular flexibility index (Phi) is 6.36. The standard InChI is InChI=1S/C22H20FN3O4S/c1-14-3-10-19(13-15(14)2)26-31(29,30)20-11-6-17(7-12-20)22(28)25-24-21(27)16-4-8-18(23)9-5-16/h3-13,26H,1-2H3,(H,24,27)(H,25,28). The number of benzene rings is 3. The van der Waals surface area contributed by atoms with Crippen molar-refractivity contribution in [3.8, 4) is 0 Å². The lowest BCUT2D eigenvalue weighted by molar-refractivity contribution is 0.0846. The predicted molar refractivity (Wildman–Crippen MR) is 114 cm³/mol. The van der Waals surface area contributed by atoms with Crippen molar-refractivity contribution < 1.29 is 22.4 Å². The zero-order valence-corrected chi connectivity index (χ0v) is 17.6. The van der Waals surface area contributed by atoms with E-state index in [-0.39, 0.29) is 16.0 Å². The SMILES string of the molecule is Cc1ccc(NS(=O)(=O)c2ccc(C(=O)NNC(=O)c3ccc(F)cc3)cc2)cc1C. The van der Waals surface area contributed by atoms with Gasteiger partial charge in [-0.25, -0.2) is 12.8 Å². The van der Waals surface area contributed by atoms with Gasteiger partial charge in [0.05, 0.1) is 4.90 Å². The van der Waals surface area contributed by atoms with E-state index in [2.05, 4.69) is 15.6 Å². The molecule has 2 amide bonds. The van der Waals surface area contributed by atoms with Crippen LogP contribution in [0.5, 0.6) is 0 Å². The summed E-state index contributed by atoms with van der Waals surface area (Å²) in [5.74, 6) is -1.74. The quantitative estimate of drug-likeness (QED) is 0.529. The molecule has 0 saturated carbocycles. The number of carbonyl (C=O) groups excluding carboxylic acids is 2. The number of carbonyl (C=O) groups is 2. The zero-order chi connectivity index (χ0) is 22.6. The fourth-order valence-corrected chi connectivity index (χ4v) is 3.71. The number of sulfonamides is 1. The summed E-state index contributed by atoms with van der Waals surface area (Å²) in [5.41, 5.74) is 7.18. The predicted octanol–water partition coefficient (Wildman–Crippen LogP) is 3.32. The molecule has 160 valence electrons. The average Bonchev–Trinajstić information content (AvgIpc) is 2.75. The third-order valence-electron chi connectivity index (χ3n) is 4.58. The van der Waals surface area contributed by atoms with Crippen LogP contribution in [0.2, 0.25) is 0 Å². The first-order chi connectivity index (χ1) is 14.7. The summed E-state index contributed by atoms with van der Waals surface area (Å²) in [7, 11) is -3.83. The van der Waals surface area contributed by atoms with Crippen LogP contribution in [0.4, 0.5) is 10.1 Å². The Bertz CT molecular complexity index is 1220. The molecule has 0 fully saturated rings. The molecule has 3 N–H and O–H groups in total. The Morgan fingerprint density at radius 2 is 1.26 bits per heavy atom. The third-order valence-corrected chi connectivity index (χ3v) is 5.98. The van der Waals surface area contributed by atoms with E-state index in [9.17, 15) is 22.4 Å². The molecule has 0 heterocycles. The van der Waals surface area contributed by atoms with E-state index >= 15 is 0 Å². The minimum atomic E-state index is -3.83. The topological polar surface area (TPSA) is 104 Å². The summed E-state index contributed by atoms with van der Waals surface area (Å²) in [5, 5.41) is 0. The van der Waals surface area contributed by atoms with Crippen LogP contribution in [0.15, 0.2) is 71.6 Å². The molecule has 3 rings (SSSR count). The number of aryl methyl sites for hydroxylation is 2. The molecule has 0 aliphatic heterocycles. The molecule has 0 aliphatic carbocycles. The molecule has 0 bridgehead atoms. The number of amides is 2. The van der Waals surface area contributed by atoms with Gasteiger partial charge in [-0.3, -0.25) is 25.2 Å². The number of rotatable bonds is 5. The fraction of sp³-hybridized carbons (Fsp3) is 0.0909. The van der Waals surface area contributed by atoms with E-state index in [1.807, 2.05) is 19.9 Å². The highest BCUT2D eigenvalue weighted by atomic mass is 32.2. The van der Waals surface area contributed by atoms with Gasteiger partial charge in [0, 0.05) is 16.8 Å². The van der Waals surface area contributed by atoms with E-state index in [0.29, 0.717) is 5.69 Å². The zero-order valence-electron chi connectivity index (χ0n) is 16.8. The Morgan fingerprint density at radius 3 is 1.77 bits per heavy atom. The lowest BCUT2D eigenvalue weighted by Gasteiger charge is -2.11. The Morgan fingerprint density at radius 1 is 0.742 bits per heavy atom. The summed E-state index contributed by atoms with van der Waals surface area (Å²) in [4.78, 5) is 24.1. The second kappa shape index (κ2) is 8.97. The van der Waals surface area contributed by atoms with Gasteiger partial charge in [-0.1, -0.05) is 6.07 Å². The van der Waals surface area contributed by atoms with Crippen LogP contribution in [0, 0.1) is 19.7 Å². The molecular weight excluding hydrogens is 421 g/mol. The van der Waals surface area contributed by atoms with Crippen molar-refractivity contribution in [3.63, 3.8) is 0 Å². The van der Waals surface area contributed by atoms with Gasteiger partial charge in [-0.15, -0.1) is 0 Å². The van der Waals surface area contributed by atoms with Crippen LogP contribution in [0.25, 0.3) is 0 Å². The highest BCUT2D eigenvalue weighted by molar-refractivity contribution is 7.92. The third kappa shape index (κ3) is 5.46. The smallest absolute Gasteiger partial charge is 0.269 e. The number of hydrazine groups is 1. The summed E-state index contributed by atoms with van der Waals surface area (Å²) < 4.78 is 40.6. The van der Waals surface area contributed by atoms with Crippen LogP contribution < -0.4 is 15.6 Å². The van der Waals surface area contributed by atoms with E-state index in [1.165, 1.54) is 36.4 Å². The number of halogens is 1. The van der Waals surface area contributed by atoms with Crippen molar-refractivity contribution in [2.24, 2.45) is 0 Å². The van der Waals surface area contributed by atoms with Crippen molar-refractivity contribution in [2.75, 3.05) is 4.72 Å². The van der Waals surface area contributed by atoms with Crippen LogP contribution in [0.1, 0.15) is 31.8 Å². The summed E-state index contributed by atoms with van der Waals surface area (Å²) in [6.07, 6.45) is 0. The van der Waals surface area contributed by atoms with Gasteiger partial charge in [0.15, 0.2) is 0 Å². The lowest BCUT2D eigenvalue weighted by atomic mass is 10.1. The molecule has 0 unspecified atom stereocenters. The van der Waals surface area contributed by atoms with Gasteiger partial charge in [-0.2, -0.15) is 0 Å². The average molecular weight is 441 g/mol. The van der Waals surface area contributed by atoms with Crippen LogP contribution >= 0.6 is 0 Å². The molecule has 0 saturated heterocycles. The maximum atomic E-state index is 12.9. The molecule has 7 nitrogen and oxygen atoms in total. The number of hydrogen-bond donors (Lipinski definition) is 3. The number of anilines is 1. The highest BCUT2D eigenvalue weighted by Gasteiger charge is 2.16. The highest BCUT2D eigenvalue weighted by Crippen LogP contribution is 2.19. The summed E-state index contributed by atoms with van der Waals surface area (Å²) in [6.45, 7) is 3.81. The molecule has 0 aromatic heterocycles. The Balaban J connectivity index is 1.64. The number of hydrogen-bond acceptors (Lipinski definition) is 4. The van der Waals surface area contributed by atoms with Gasteiger partial charge in [0.2, 0.25) is 0 Å². The van der Waals surface area contributed by atoms with E-state index < -0.39 is 27.7 Å². The molecular formula is C22H20FN3O4S. The first kappa shape index (κ1) is 22.0. The maximum Gasteiger partial charge on any atom is 0.269 e. The van der Waals surface area contributed by atoms with Gasteiger partial charge in [0.25, 0.3) is 21.8 Å². The van der Waals surface area contributed by atoms with Crippen molar-refractivity contribution in [1.29, 1.82) is 0 Å². The molecule has 0 atom stereocenters. The minimum Gasteiger partial charge on any atom is -0.280 e. The van der Waals surface area contributed by atoms with Crippen molar-refractivity contribution in [2.45, 2.75) is 18.7 Å². The van der Waals surface area contributed by atoms with Gasteiger partial charge < -0.3 is 0 Å². The van der Waals surface area contributed by atoms with Gasteiger partial charge in [0.1, 0.15) is 5.82 Å². The molecule has 0 radical (unpaired) electrons. The van der Waals surface area contributed by atoms with E-state index in [0.717, 1.165) is 23.3 Å². The van der Waals surface area contributed by atoms with Crippen LogP contribution in [-0.2, 0) is 10.0 Å². The minimum absolute atomic E-state index is 0.0161. The fourth-order valence-electron chi connectivity index (χ4n) is 2.66. The number of nitrogens with one attached hydrogen (secondary N) is 3. The first-order valence-electron chi connectivity index (χ1n) is 9.22. The Hall–Kier alpha value is -3.72. The summed E-state index contributed by atoms with van der Waals surface area (Å²) >= 11 is 0. The van der Waals surface area contributed by atoms with Crippen molar-refractivity contribution >= 4 is 27.5 Å². The molecule has 31 heavy (non-hydrogen) atoms. The van der Waals surface area contributed by atoms with Crippen molar-refractivity contribution in [1.82, 2.24) is 10.9 Å². The molecule has 3 aromatic rings. The monoisotopic (exact) mass is 441 g/mol. The second-order valence-corrected chi connectivity index (χ2v) is 8.53. The maximum absolute atomic E-state index is 12.9. The molecule has 9 heteroatoms. The normalized spacial score (nSPS) is 10.9. The van der Waals surface area contributed by atoms with Crippen molar-refractivity contribution in [3.05, 3.63) is 94.8 Å². The van der Waals surface area contributed by atoms with E-state index in [1.54, 1.807) is 12.1 Å². The first-order valence-corrected chi connectivity index (χ1v) is 10.7. The van der Waals surface area contributed by atoms with Crippen LogP contribution in [-0.4, -0.2) is 20.2 Å². The van der Waals surface area contributed by atoms with Gasteiger partial charge in [-0.05, 0) is 85.6 Å². The molecule has 3 aromatic carbocycles. The van der Waals surface area contributed by atoms with Crippen LogP contribution in [0.3, 0.4) is 0 Å².